The summed E-state index contributed by atoms with van der Waals surface area (Å²) in [6, 6.07) is 7.71. The van der Waals surface area contributed by atoms with Crippen molar-refractivity contribution in [2.45, 2.75) is 26.3 Å². The van der Waals surface area contributed by atoms with E-state index in [1.807, 2.05) is 42.2 Å². The topological polar surface area (TPSA) is 41.9 Å². The van der Waals surface area contributed by atoms with Gasteiger partial charge in [0.05, 0.1) is 6.54 Å². The Morgan fingerprint density at radius 2 is 2.25 bits per heavy atom. The number of carbonyl (C=O) groups is 1. The molecule has 2 aliphatic heterocycles. The maximum absolute atomic E-state index is 12.9. The van der Waals surface area contributed by atoms with Crippen molar-refractivity contribution in [2.75, 3.05) is 26.3 Å². The zero-order valence-corrected chi connectivity index (χ0v) is 14.8. The third-order valence-corrected chi connectivity index (χ3v) is 4.96. The Kier molecular flexibility index (Phi) is 5.69. The van der Waals surface area contributed by atoms with Crippen LogP contribution in [0.4, 0.5) is 0 Å². The fourth-order valence-electron chi connectivity index (χ4n) is 3.12. The van der Waals surface area contributed by atoms with Crippen molar-refractivity contribution in [1.82, 2.24) is 4.90 Å². The molecule has 1 amide bonds. The van der Waals surface area contributed by atoms with Crippen LogP contribution in [0.3, 0.4) is 0 Å². The second kappa shape index (κ2) is 7.95. The number of benzene rings is 1. The van der Waals surface area contributed by atoms with Gasteiger partial charge in [0.2, 0.25) is 0 Å². The van der Waals surface area contributed by atoms with Gasteiger partial charge in [0.25, 0.3) is 5.91 Å². The summed E-state index contributed by atoms with van der Waals surface area (Å²) in [6.45, 7) is 5.29. The quantitative estimate of drug-likeness (QED) is 0.791. The second-order valence-corrected chi connectivity index (χ2v) is 6.87. The number of amides is 1. The van der Waals surface area contributed by atoms with Crippen LogP contribution in [0.2, 0.25) is 5.02 Å². The Morgan fingerprint density at radius 1 is 1.42 bits per heavy atom. The zero-order valence-electron chi connectivity index (χ0n) is 14.0. The largest absolute Gasteiger partial charge is 0.381 e. The molecule has 4 nitrogen and oxygen atoms in total. The predicted molar refractivity (Wildman–Crippen MR) is 96.5 cm³/mol. The lowest BCUT2D eigenvalue weighted by Crippen LogP contribution is -2.34. The molecule has 0 saturated carbocycles. The van der Waals surface area contributed by atoms with Gasteiger partial charge in [-0.25, -0.2) is 0 Å². The van der Waals surface area contributed by atoms with E-state index < -0.39 is 0 Å². The van der Waals surface area contributed by atoms with Gasteiger partial charge in [0.15, 0.2) is 0 Å². The highest BCUT2D eigenvalue weighted by atomic mass is 35.5. The second-order valence-electron chi connectivity index (χ2n) is 6.46. The van der Waals surface area contributed by atoms with Crippen LogP contribution >= 0.6 is 11.6 Å². The van der Waals surface area contributed by atoms with Crippen molar-refractivity contribution in [2.24, 2.45) is 10.9 Å². The third-order valence-electron chi connectivity index (χ3n) is 4.59. The van der Waals surface area contributed by atoms with E-state index in [0.717, 1.165) is 42.9 Å². The molecule has 1 fully saturated rings. The fourth-order valence-corrected chi connectivity index (χ4v) is 3.32. The van der Waals surface area contributed by atoms with Gasteiger partial charge in [0, 0.05) is 42.6 Å². The Bertz CT molecular complexity index is 663. The van der Waals surface area contributed by atoms with Gasteiger partial charge < -0.3 is 9.64 Å². The molecule has 2 heterocycles. The van der Waals surface area contributed by atoms with Crippen molar-refractivity contribution >= 4 is 23.2 Å². The Balaban J connectivity index is 1.71. The van der Waals surface area contributed by atoms with Crippen molar-refractivity contribution < 1.29 is 9.53 Å². The summed E-state index contributed by atoms with van der Waals surface area (Å²) in [5.41, 5.74) is 2.66. The first-order valence-corrected chi connectivity index (χ1v) is 8.83. The van der Waals surface area contributed by atoms with E-state index in [2.05, 4.69) is 4.99 Å². The minimum atomic E-state index is 0.0643. The van der Waals surface area contributed by atoms with E-state index in [-0.39, 0.29) is 5.91 Å². The first-order valence-electron chi connectivity index (χ1n) is 8.45. The summed E-state index contributed by atoms with van der Waals surface area (Å²) in [7, 11) is 0. The molecule has 1 aromatic rings. The van der Waals surface area contributed by atoms with E-state index in [1.165, 1.54) is 0 Å². The summed E-state index contributed by atoms with van der Waals surface area (Å²) in [5, 5.41) is 0.701. The lowest BCUT2D eigenvalue weighted by Gasteiger charge is -2.25. The molecule has 1 aromatic carbocycles. The van der Waals surface area contributed by atoms with E-state index >= 15 is 0 Å². The molecule has 1 atom stereocenters. The fraction of sp³-hybridized carbons (Fsp3) is 0.474. The number of halogens is 1. The van der Waals surface area contributed by atoms with Gasteiger partial charge >= 0.3 is 0 Å². The van der Waals surface area contributed by atoms with Crippen LogP contribution in [0.1, 0.15) is 25.3 Å². The molecule has 1 unspecified atom stereocenters. The average Bonchev–Trinajstić information content (AvgIpc) is 3.24. The minimum Gasteiger partial charge on any atom is -0.381 e. The summed E-state index contributed by atoms with van der Waals surface area (Å²) in [5.74, 6) is 0.608. The van der Waals surface area contributed by atoms with Gasteiger partial charge in [-0.3, -0.25) is 9.79 Å². The van der Waals surface area contributed by atoms with Crippen molar-refractivity contribution in [1.29, 1.82) is 0 Å². The van der Waals surface area contributed by atoms with E-state index in [9.17, 15) is 4.79 Å². The number of nitrogens with zero attached hydrogens (tertiary/aromatic N) is 2. The first-order chi connectivity index (χ1) is 11.6. The van der Waals surface area contributed by atoms with Crippen LogP contribution in [-0.2, 0) is 16.1 Å². The summed E-state index contributed by atoms with van der Waals surface area (Å²) >= 11 is 6.29. The van der Waals surface area contributed by atoms with Gasteiger partial charge in [0.1, 0.15) is 0 Å². The van der Waals surface area contributed by atoms with Crippen LogP contribution in [0.15, 0.2) is 40.9 Å². The number of ether oxygens (including phenoxy) is 1. The van der Waals surface area contributed by atoms with Crippen LogP contribution < -0.4 is 0 Å². The highest BCUT2D eigenvalue weighted by molar-refractivity contribution is 6.31. The van der Waals surface area contributed by atoms with E-state index in [0.29, 0.717) is 30.6 Å². The van der Waals surface area contributed by atoms with Crippen molar-refractivity contribution in [3.05, 3.63) is 46.5 Å². The molecule has 3 rings (SSSR count). The molecule has 2 aliphatic rings. The van der Waals surface area contributed by atoms with Gasteiger partial charge in [-0.05, 0) is 43.4 Å². The zero-order chi connectivity index (χ0) is 16.9. The first kappa shape index (κ1) is 17.2. The smallest absolute Gasteiger partial charge is 0.252 e. The Morgan fingerprint density at radius 3 is 2.92 bits per heavy atom. The maximum atomic E-state index is 12.9. The maximum Gasteiger partial charge on any atom is 0.252 e. The number of allylic oxidation sites excluding steroid dienone is 1. The standard InChI is InChI=1S/C19H23ClN2O2/c1-14-10-17(11-21-14)19(23)22(8-6-15-7-9-24-13-15)12-16-4-2-3-5-18(16)20/h2-5,10,15H,6-9,11-13H2,1H3. The lowest BCUT2D eigenvalue weighted by molar-refractivity contribution is -0.127. The summed E-state index contributed by atoms with van der Waals surface area (Å²) < 4.78 is 5.45. The Hall–Kier alpha value is -1.65. The van der Waals surface area contributed by atoms with E-state index in [4.69, 9.17) is 16.3 Å². The molecule has 1 saturated heterocycles. The molecule has 0 N–H and O–H groups in total. The van der Waals surface area contributed by atoms with E-state index in [1.54, 1.807) is 0 Å². The lowest BCUT2D eigenvalue weighted by atomic mass is 10.0. The SMILES string of the molecule is CC1=NCC(C(=O)N(CCC2CCOC2)Cc2ccccc2Cl)=C1. The highest BCUT2D eigenvalue weighted by Crippen LogP contribution is 2.22. The van der Waals surface area contributed by atoms with Crippen molar-refractivity contribution in [3.63, 3.8) is 0 Å². The van der Waals surface area contributed by atoms with Crippen LogP contribution in [0.5, 0.6) is 0 Å². The van der Waals surface area contributed by atoms with Crippen LogP contribution in [0.25, 0.3) is 0 Å². The number of aliphatic imine (C=N–C) groups is 1. The molecule has 0 bridgehead atoms. The normalized spacial score (nSPS) is 20.0. The molecule has 128 valence electrons. The molecular weight excluding hydrogens is 324 g/mol. The van der Waals surface area contributed by atoms with Crippen LogP contribution in [-0.4, -0.2) is 42.8 Å². The molecular formula is C19H23ClN2O2. The van der Waals surface area contributed by atoms with Gasteiger partial charge in [-0.15, -0.1) is 0 Å². The number of carbonyl (C=O) groups excluding carboxylic acids is 1. The monoisotopic (exact) mass is 346 g/mol. The van der Waals surface area contributed by atoms with Gasteiger partial charge in [-0.1, -0.05) is 29.8 Å². The Labute approximate surface area is 148 Å². The number of rotatable bonds is 6. The van der Waals surface area contributed by atoms with Gasteiger partial charge in [-0.2, -0.15) is 0 Å². The molecule has 5 heteroatoms. The predicted octanol–water partition coefficient (Wildman–Crippen LogP) is 3.50. The number of hydrogen-bond donors (Lipinski definition) is 0. The average molecular weight is 347 g/mol. The molecule has 24 heavy (non-hydrogen) atoms. The third kappa shape index (κ3) is 4.25. The summed E-state index contributed by atoms with van der Waals surface area (Å²) in [4.78, 5) is 19.1. The summed E-state index contributed by atoms with van der Waals surface area (Å²) in [6.07, 6.45) is 3.93. The molecule has 0 spiro atoms. The molecule has 0 radical (unpaired) electrons. The minimum absolute atomic E-state index is 0.0643. The molecule has 0 aromatic heterocycles. The van der Waals surface area contributed by atoms with Crippen LogP contribution in [0, 0.1) is 5.92 Å². The van der Waals surface area contributed by atoms with Crippen molar-refractivity contribution in [3.8, 4) is 0 Å². The highest BCUT2D eigenvalue weighted by Gasteiger charge is 2.23. The molecule has 0 aliphatic carbocycles. The number of hydrogen-bond acceptors (Lipinski definition) is 3.